The molecule has 0 aliphatic rings. The quantitative estimate of drug-likeness (QED) is 0.382. The molecule has 0 aliphatic carbocycles. The molecule has 1 amide bonds. The second-order valence-corrected chi connectivity index (χ2v) is 6.49. The molecule has 0 radical (unpaired) electrons. The molecule has 2 heterocycles. The molecule has 3 aromatic rings. The lowest BCUT2D eigenvalue weighted by Gasteiger charge is -2.02. The fourth-order valence-corrected chi connectivity index (χ4v) is 3.62. The van der Waals surface area contributed by atoms with Crippen molar-refractivity contribution in [3.8, 4) is 12.3 Å². The molecule has 1 aromatic carbocycles. The monoisotopic (exact) mass is 395 g/mol. The lowest BCUT2D eigenvalue weighted by Crippen LogP contribution is -2.16. The van der Waals surface area contributed by atoms with Crippen LogP contribution in [0.2, 0.25) is 10.0 Å². The summed E-state index contributed by atoms with van der Waals surface area (Å²) in [5.41, 5.74) is 0.564. The number of hydrogen-bond donors (Lipinski definition) is 0. The Hall–Kier alpha value is -2.60. The van der Waals surface area contributed by atoms with E-state index in [-0.39, 0.29) is 17.1 Å². The van der Waals surface area contributed by atoms with Crippen LogP contribution >= 0.6 is 34.5 Å². The molecule has 2 aromatic heterocycles. The zero-order valence-electron chi connectivity index (χ0n) is 12.2. The van der Waals surface area contributed by atoms with E-state index in [1.54, 1.807) is 16.7 Å². The Bertz CT molecular complexity index is 1120. The van der Waals surface area contributed by atoms with Gasteiger partial charge in [0.1, 0.15) is 4.92 Å². The molecule has 0 bridgehead atoms. The molecule has 0 unspecified atom stereocenters. The summed E-state index contributed by atoms with van der Waals surface area (Å²) in [6.07, 6.45) is 5.38. The van der Waals surface area contributed by atoms with Gasteiger partial charge in [-0.05, 0) is 18.2 Å². The van der Waals surface area contributed by atoms with Crippen LogP contribution in [0.15, 0.2) is 33.7 Å². The van der Waals surface area contributed by atoms with Gasteiger partial charge in [0.2, 0.25) is 5.76 Å². The first-order valence-corrected chi connectivity index (χ1v) is 8.23. The number of amides is 1. The number of halogens is 2. The number of furan rings is 1. The van der Waals surface area contributed by atoms with E-state index in [4.69, 9.17) is 34.0 Å². The maximum absolute atomic E-state index is 12.2. The van der Waals surface area contributed by atoms with Crippen LogP contribution < -0.4 is 4.80 Å². The number of aromatic nitrogens is 1. The van der Waals surface area contributed by atoms with Crippen molar-refractivity contribution in [2.24, 2.45) is 4.99 Å². The van der Waals surface area contributed by atoms with Gasteiger partial charge in [0.05, 0.1) is 32.9 Å². The summed E-state index contributed by atoms with van der Waals surface area (Å²) in [6.45, 7) is 0.116. The Balaban J connectivity index is 2.16. The molecule has 25 heavy (non-hydrogen) atoms. The zero-order chi connectivity index (χ0) is 18.1. The lowest BCUT2D eigenvalue weighted by molar-refractivity contribution is -0.402. The maximum Gasteiger partial charge on any atom is 0.433 e. The van der Waals surface area contributed by atoms with Crippen molar-refractivity contribution in [1.29, 1.82) is 0 Å². The molecule has 0 saturated carbocycles. The molecule has 126 valence electrons. The van der Waals surface area contributed by atoms with Gasteiger partial charge < -0.3 is 8.98 Å². The molecule has 0 atom stereocenters. The average molecular weight is 396 g/mol. The normalized spacial score (nSPS) is 11.6. The number of benzene rings is 1. The highest BCUT2D eigenvalue weighted by Gasteiger charge is 2.18. The number of nitro groups is 1. The largest absolute Gasteiger partial charge is 0.433 e. The summed E-state index contributed by atoms with van der Waals surface area (Å²) in [6, 6.07) is 5.64. The Morgan fingerprint density at radius 1 is 1.40 bits per heavy atom. The highest BCUT2D eigenvalue weighted by Crippen LogP contribution is 2.32. The van der Waals surface area contributed by atoms with Crippen LogP contribution in [0, 0.1) is 22.5 Å². The van der Waals surface area contributed by atoms with Crippen molar-refractivity contribution < 1.29 is 14.1 Å². The average Bonchev–Trinajstić information content (AvgIpc) is 3.18. The van der Waals surface area contributed by atoms with Gasteiger partial charge in [-0.3, -0.25) is 14.9 Å². The first-order chi connectivity index (χ1) is 11.9. The topological polar surface area (TPSA) is 90.6 Å². The molecular formula is C15H7Cl2N3O4S. The van der Waals surface area contributed by atoms with Crippen LogP contribution in [0.3, 0.4) is 0 Å². The summed E-state index contributed by atoms with van der Waals surface area (Å²) < 4.78 is 7.17. The molecule has 0 saturated heterocycles. The van der Waals surface area contributed by atoms with E-state index in [9.17, 15) is 14.9 Å². The van der Waals surface area contributed by atoms with Gasteiger partial charge in [-0.1, -0.05) is 40.5 Å². The predicted molar refractivity (Wildman–Crippen MR) is 93.9 cm³/mol. The van der Waals surface area contributed by atoms with Crippen molar-refractivity contribution in [3.05, 3.63) is 55.0 Å². The lowest BCUT2D eigenvalue weighted by atomic mass is 10.3. The highest BCUT2D eigenvalue weighted by atomic mass is 35.5. The van der Waals surface area contributed by atoms with Crippen LogP contribution in [0.5, 0.6) is 0 Å². The number of nitrogens with zero attached hydrogens (tertiary/aromatic N) is 3. The standard InChI is InChI=1S/C15H7Cl2N3O4S/c1-2-7-19-13-10(5-3-8(16)12(13)17)25-15(19)18-14(21)9-4-6-11(24-9)20(22)23/h1,3-6H,7H2. The van der Waals surface area contributed by atoms with Crippen molar-refractivity contribution in [3.63, 3.8) is 0 Å². The zero-order valence-corrected chi connectivity index (χ0v) is 14.6. The van der Waals surface area contributed by atoms with Gasteiger partial charge in [0.15, 0.2) is 4.80 Å². The Labute approximate surface area is 154 Å². The highest BCUT2D eigenvalue weighted by molar-refractivity contribution is 7.16. The Morgan fingerprint density at radius 3 is 2.80 bits per heavy atom. The predicted octanol–water partition coefficient (Wildman–Crippen LogP) is 3.89. The van der Waals surface area contributed by atoms with Crippen molar-refractivity contribution >= 4 is 56.5 Å². The molecule has 10 heteroatoms. The number of carbonyl (C=O) groups excluding carboxylic acids is 1. The Kier molecular flexibility index (Phi) is 4.63. The number of terminal acetylenes is 1. The van der Waals surface area contributed by atoms with Gasteiger partial charge in [-0.2, -0.15) is 4.99 Å². The molecule has 0 aliphatic heterocycles. The van der Waals surface area contributed by atoms with Crippen LogP contribution in [-0.4, -0.2) is 15.4 Å². The number of carbonyl (C=O) groups is 1. The molecular weight excluding hydrogens is 389 g/mol. The fraction of sp³-hybridized carbons (Fsp3) is 0.0667. The minimum Gasteiger partial charge on any atom is -0.395 e. The van der Waals surface area contributed by atoms with Gasteiger partial charge >= 0.3 is 11.8 Å². The van der Waals surface area contributed by atoms with E-state index in [0.29, 0.717) is 15.6 Å². The number of hydrogen-bond acceptors (Lipinski definition) is 5. The minimum absolute atomic E-state index is 0.116. The van der Waals surface area contributed by atoms with Crippen molar-refractivity contribution in [2.45, 2.75) is 6.54 Å². The smallest absolute Gasteiger partial charge is 0.395 e. The van der Waals surface area contributed by atoms with E-state index in [1.165, 1.54) is 17.4 Å². The van der Waals surface area contributed by atoms with Gasteiger partial charge in [0.25, 0.3) is 0 Å². The van der Waals surface area contributed by atoms with E-state index >= 15 is 0 Å². The summed E-state index contributed by atoms with van der Waals surface area (Å²) in [7, 11) is 0. The first-order valence-electron chi connectivity index (χ1n) is 6.66. The minimum atomic E-state index is -0.771. The molecule has 3 rings (SSSR count). The number of fused-ring (bicyclic) bond motifs is 1. The van der Waals surface area contributed by atoms with Crippen LogP contribution in [0.1, 0.15) is 10.6 Å². The van der Waals surface area contributed by atoms with Gasteiger partial charge in [-0.15, -0.1) is 6.42 Å². The van der Waals surface area contributed by atoms with E-state index in [2.05, 4.69) is 10.9 Å². The van der Waals surface area contributed by atoms with Crippen molar-refractivity contribution in [2.75, 3.05) is 0 Å². The SMILES string of the molecule is C#CCn1c(=NC(=O)c2ccc([N+](=O)[O-])o2)sc2ccc(Cl)c(Cl)c21. The van der Waals surface area contributed by atoms with E-state index < -0.39 is 16.7 Å². The second-order valence-electron chi connectivity index (χ2n) is 4.69. The number of thiazole rings is 1. The fourth-order valence-electron chi connectivity index (χ4n) is 2.11. The third-order valence-corrected chi connectivity index (χ3v) is 5.00. The third kappa shape index (κ3) is 3.17. The summed E-state index contributed by atoms with van der Waals surface area (Å²) >= 11 is 13.5. The second kappa shape index (κ2) is 6.72. The summed E-state index contributed by atoms with van der Waals surface area (Å²) in [4.78, 5) is 26.4. The third-order valence-electron chi connectivity index (χ3n) is 3.16. The summed E-state index contributed by atoms with van der Waals surface area (Å²) in [5, 5.41) is 11.3. The van der Waals surface area contributed by atoms with Crippen molar-refractivity contribution in [1.82, 2.24) is 4.57 Å². The van der Waals surface area contributed by atoms with Gasteiger partial charge in [0, 0.05) is 0 Å². The molecule has 0 fully saturated rings. The van der Waals surface area contributed by atoms with Crippen LogP contribution in [0.25, 0.3) is 10.2 Å². The van der Waals surface area contributed by atoms with E-state index in [1.807, 2.05) is 0 Å². The van der Waals surface area contributed by atoms with Gasteiger partial charge in [-0.25, -0.2) is 0 Å². The first kappa shape index (κ1) is 17.2. The van der Waals surface area contributed by atoms with Crippen LogP contribution in [-0.2, 0) is 6.54 Å². The van der Waals surface area contributed by atoms with Crippen LogP contribution in [0.4, 0.5) is 5.88 Å². The van der Waals surface area contributed by atoms with E-state index in [0.717, 1.165) is 10.8 Å². The maximum atomic E-state index is 12.2. The molecule has 0 N–H and O–H groups in total. The Morgan fingerprint density at radius 2 is 2.16 bits per heavy atom. The molecule has 0 spiro atoms. The number of rotatable bonds is 3. The summed E-state index contributed by atoms with van der Waals surface area (Å²) in [5.74, 6) is 0.905. The molecule has 7 nitrogen and oxygen atoms in total.